The first-order valence-corrected chi connectivity index (χ1v) is 6.71. The van der Waals surface area contributed by atoms with Crippen LogP contribution in [0.5, 0.6) is 0 Å². The summed E-state index contributed by atoms with van der Waals surface area (Å²) in [4.78, 5) is 11.6. The molecule has 0 aromatic carbocycles. The fraction of sp³-hybridized carbons (Fsp3) is 0.923. The predicted octanol–water partition coefficient (Wildman–Crippen LogP) is 0.705. The van der Waals surface area contributed by atoms with Crippen LogP contribution in [0.3, 0.4) is 0 Å². The number of carbonyl (C=O) groups excluding carboxylic acids is 1. The SMILES string of the molecule is CCOC1CC(CC(=O)NCCC(O)COC)C1. The minimum Gasteiger partial charge on any atom is -0.391 e. The first-order chi connectivity index (χ1) is 8.65. The predicted molar refractivity (Wildman–Crippen MR) is 68.3 cm³/mol. The van der Waals surface area contributed by atoms with Crippen molar-refractivity contribution in [3.05, 3.63) is 0 Å². The Morgan fingerprint density at radius 1 is 1.50 bits per heavy atom. The van der Waals surface area contributed by atoms with Gasteiger partial charge in [0.15, 0.2) is 0 Å². The van der Waals surface area contributed by atoms with Gasteiger partial charge in [-0.2, -0.15) is 0 Å². The van der Waals surface area contributed by atoms with E-state index in [-0.39, 0.29) is 5.91 Å². The molecule has 0 aromatic heterocycles. The third kappa shape index (κ3) is 5.80. The third-order valence-corrected chi connectivity index (χ3v) is 3.23. The van der Waals surface area contributed by atoms with E-state index in [1.807, 2.05) is 6.92 Å². The highest BCUT2D eigenvalue weighted by atomic mass is 16.5. The molecule has 0 spiro atoms. The van der Waals surface area contributed by atoms with Crippen LogP contribution in [0.4, 0.5) is 0 Å². The highest BCUT2D eigenvalue weighted by Gasteiger charge is 2.30. The second-order valence-corrected chi connectivity index (χ2v) is 4.87. The van der Waals surface area contributed by atoms with Crippen molar-refractivity contribution >= 4 is 5.91 Å². The second kappa shape index (κ2) is 8.45. The van der Waals surface area contributed by atoms with E-state index < -0.39 is 6.10 Å². The summed E-state index contributed by atoms with van der Waals surface area (Å²) in [7, 11) is 1.55. The van der Waals surface area contributed by atoms with Gasteiger partial charge in [-0.3, -0.25) is 4.79 Å². The molecule has 1 amide bonds. The van der Waals surface area contributed by atoms with Crippen molar-refractivity contribution in [1.82, 2.24) is 5.32 Å². The van der Waals surface area contributed by atoms with E-state index in [4.69, 9.17) is 9.47 Å². The van der Waals surface area contributed by atoms with Gasteiger partial charge in [0.1, 0.15) is 0 Å². The summed E-state index contributed by atoms with van der Waals surface area (Å²) in [6.07, 6.45) is 2.95. The summed E-state index contributed by atoms with van der Waals surface area (Å²) < 4.78 is 10.3. The first kappa shape index (κ1) is 15.4. The maximum Gasteiger partial charge on any atom is 0.220 e. The molecule has 1 saturated carbocycles. The smallest absolute Gasteiger partial charge is 0.220 e. The van der Waals surface area contributed by atoms with E-state index in [2.05, 4.69) is 5.32 Å². The van der Waals surface area contributed by atoms with Gasteiger partial charge in [0.25, 0.3) is 0 Å². The van der Waals surface area contributed by atoms with Crippen LogP contribution in [0.15, 0.2) is 0 Å². The number of hydrogen-bond acceptors (Lipinski definition) is 4. The Bertz CT molecular complexity index is 241. The van der Waals surface area contributed by atoms with Gasteiger partial charge in [-0.05, 0) is 32.1 Å². The van der Waals surface area contributed by atoms with Crippen LogP contribution in [0, 0.1) is 5.92 Å². The molecule has 1 rings (SSSR count). The molecule has 0 radical (unpaired) electrons. The van der Waals surface area contributed by atoms with Crippen LogP contribution in [-0.2, 0) is 14.3 Å². The molecule has 5 nitrogen and oxygen atoms in total. The standard InChI is InChI=1S/C13H25NO4/c1-3-18-12-6-10(7-12)8-13(16)14-5-4-11(15)9-17-2/h10-12,15H,3-9H2,1-2H3,(H,14,16). The molecular weight excluding hydrogens is 234 g/mol. The minimum absolute atomic E-state index is 0.0690. The molecule has 5 heteroatoms. The Kier molecular flexibility index (Phi) is 7.23. The average molecular weight is 259 g/mol. The number of methoxy groups -OCH3 is 1. The van der Waals surface area contributed by atoms with Gasteiger partial charge in [-0.15, -0.1) is 0 Å². The molecule has 1 atom stereocenters. The Morgan fingerprint density at radius 3 is 2.83 bits per heavy atom. The average Bonchev–Trinajstić information content (AvgIpc) is 2.26. The van der Waals surface area contributed by atoms with Crippen LogP contribution < -0.4 is 5.32 Å². The van der Waals surface area contributed by atoms with E-state index >= 15 is 0 Å². The number of amides is 1. The molecular formula is C13H25NO4. The number of rotatable bonds is 9. The van der Waals surface area contributed by atoms with Gasteiger partial charge < -0.3 is 19.9 Å². The Hall–Kier alpha value is -0.650. The molecule has 0 bridgehead atoms. The largest absolute Gasteiger partial charge is 0.391 e. The van der Waals surface area contributed by atoms with Gasteiger partial charge in [0.05, 0.1) is 18.8 Å². The fourth-order valence-corrected chi connectivity index (χ4v) is 2.20. The van der Waals surface area contributed by atoms with Gasteiger partial charge in [-0.25, -0.2) is 0 Å². The fourth-order valence-electron chi connectivity index (χ4n) is 2.20. The summed E-state index contributed by atoms with van der Waals surface area (Å²) >= 11 is 0. The zero-order chi connectivity index (χ0) is 13.4. The van der Waals surface area contributed by atoms with E-state index in [1.165, 1.54) is 0 Å². The molecule has 18 heavy (non-hydrogen) atoms. The van der Waals surface area contributed by atoms with Crippen molar-refractivity contribution in [2.45, 2.75) is 44.8 Å². The lowest BCUT2D eigenvalue weighted by Crippen LogP contribution is -2.36. The van der Waals surface area contributed by atoms with Crippen LogP contribution >= 0.6 is 0 Å². The number of hydrogen-bond donors (Lipinski definition) is 2. The maximum atomic E-state index is 11.6. The number of nitrogens with one attached hydrogen (secondary N) is 1. The Labute approximate surface area is 109 Å². The molecule has 2 N–H and O–H groups in total. The number of carbonyl (C=O) groups is 1. The monoisotopic (exact) mass is 259 g/mol. The molecule has 0 heterocycles. The van der Waals surface area contributed by atoms with E-state index in [0.29, 0.717) is 38.0 Å². The third-order valence-electron chi connectivity index (χ3n) is 3.23. The molecule has 1 aliphatic carbocycles. The second-order valence-electron chi connectivity index (χ2n) is 4.87. The highest BCUT2D eigenvalue weighted by molar-refractivity contribution is 5.76. The summed E-state index contributed by atoms with van der Waals surface area (Å²) in [5, 5.41) is 12.2. The van der Waals surface area contributed by atoms with Gasteiger partial charge in [-0.1, -0.05) is 0 Å². The molecule has 1 fully saturated rings. The van der Waals surface area contributed by atoms with Gasteiger partial charge >= 0.3 is 0 Å². The molecule has 1 aliphatic rings. The van der Waals surface area contributed by atoms with Gasteiger partial charge in [0.2, 0.25) is 5.91 Å². The molecule has 0 aromatic rings. The van der Waals surface area contributed by atoms with E-state index in [0.717, 1.165) is 19.4 Å². The lowest BCUT2D eigenvalue weighted by atomic mass is 9.80. The molecule has 106 valence electrons. The van der Waals surface area contributed by atoms with Crippen LogP contribution in [0.2, 0.25) is 0 Å². The molecule has 1 unspecified atom stereocenters. The Balaban J connectivity index is 1.98. The summed E-state index contributed by atoms with van der Waals surface area (Å²) in [6.45, 7) is 3.56. The highest BCUT2D eigenvalue weighted by Crippen LogP contribution is 2.32. The topological polar surface area (TPSA) is 67.8 Å². The molecule has 0 aliphatic heterocycles. The summed E-state index contributed by atoms with van der Waals surface area (Å²) in [6, 6.07) is 0. The van der Waals surface area contributed by atoms with Crippen LogP contribution in [-0.4, -0.2) is 50.1 Å². The maximum absolute atomic E-state index is 11.6. The summed E-state index contributed by atoms with van der Waals surface area (Å²) in [5.41, 5.74) is 0. The van der Waals surface area contributed by atoms with Crippen molar-refractivity contribution in [3.63, 3.8) is 0 Å². The van der Waals surface area contributed by atoms with Crippen molar-refractivity contribution < 1.29 is 19.4 Å². The van der Waals surface area contributed by atoms with Crippen molar-refractivity contribution in [3.8, 4) is 0 Å². The van der Waals surface area contributed by atoms with E-state index in [1.54, 1.807) is 7.11 Å². The van der Waals surface area contributed by atoms with E-state index in [9.17, 15) is 9.90 Å². The quantitative estimate of drug-likeness (QED) is 0.640. The zero-order valence-electron chi connectivity index (χ0n) is 11.4. The van der Waals surface area contributed by atoms with Gasteiger partial charge in [0, 0.05) is 26.7 Å². The zero-order valence-corrected chi connectivity index (χ0v) is 11.4. The number of aliphatic hydroxyl groups excluding tert-OH is 1. The number of aliphatic hydroxyl groups is 1. The van der Waals surface area contributed by atoms with Crippen molar-refractivity contribution in [2.75, 3.05) is 26.9 Å². The lowest BCUT2D eigenvalue weighted by molar-refractivity contribution is -0.124. The van der Waals surface area contributed by atoms with Crippen LogP contribution in [0.25, 0.3) is 0 Å². The normalized spacial score (nSPS) is 24.4. The number of ether oxygens (including phenoxy) is 2. The van der Waals surface area contributed by atoms with Crippen molar-refractivity contribution in [2.24, 2.45) is 5.92 Å². The lowest BCUT2D eigenvalue weighted by Gasteiger charge is -2.34. The van der Waals surface area contributed by atoms with Crippen LogP contribution in [0.1, 0.15) is 32.6 Å². The Morgan fingerprint density at radius 2 is 2.22 bits per heavy atom. The molecule has 0 saturated heterocycles. The minimum atomic E-state index is -0.499. The first-order valence-electron chi connectivity index (χ1n) is 6.71. The van der Waals surface area contributed by atoms with Crippen molar-refractivity contribution in [1.29, 1.82) is 0 Å². The summed E-state index contributed by atoms with van der Waals surface area (Å²) in [5.74, 6) is 0.532.